The Hall–Kier alpha value is -2.89. The van der Waals surface area contributed by atoms with E-state index >= 15 is 0 Å². The van der Waals surface area contributed by atoms with Crippen molar-refractivity contribution in [3.8, 4) is 5.75 Å². The van der Waals surface area contributed by atoms with Gasteiger partial charge in [-0.25, -0.2) is 8.42 Å². The molecule has 0 fully saturated rings. The zero-order valence-corrected chi connectivity index (χ0v) is 17.1. The van der Waals surface area contributed by atoms with Crippen LogP contribution in [0.3, 0.4) is 0 Å². The normalized spacial score (nSPS) is 18.7. The van der Waals surface area contributed by atoms with Crippen molar-refractivity contribution < 1.29 is 18.3 Å². The fourth-order valence-electron chi connectivity index (χ4n) is 3.43. The average molecular weight is 407 g/mol. The van der Waals surface area contributed by atoms with Crippen LogP contribution in [0, 0.1) is 0 Å². The minimum absolute atomic E-state index is 0.116. The molecule has 1 aliphatic rings. The summed E-state index contributed by atoms with van der Waals surface area (Å²) in [4.78, 5) is -0.0855. The van der Waals surface area contributed by atoms with Gasteiger partial charge >= 0.3 is 0 Å². The predicted octanol–water partition coefficient (Wildman–Crippen LogP) is 4.86. The standard InChI is InChI=1S/C24H22O4S/c1-17(2)18-12-14-21(15-13-18)29(26,27)23-16-19-8-6-7-11-22(19)28-24(23,25)20-9-4-3-5-10-20/h3-17,25H,1-2H3/t24-/m0/s1. The van der Waals surface area contributed by atoms with Crippen molar-refractivity contribution in [1.82, 2.24) is 0 Å². The number of hydrogen-bond donors (Lipinski definition) is 1. The Kier molecular flexibility index (Phi) is 4.81. The quantitative estimate of drug-likeness (QED) is 0.672. The van der Waals surface area contributed by atoms with E-state index in [1.54, 1.807) is 78.9 Å². The topological polar surface area (TPSA) is 63.6 Å². The summed E-state index contributed by atoms with van der Waals surface area (Å²) < 4.78 is 33.0. The lowest BCUT2D eigenvalue weighted by molar-refractivity contribution is -0.107. The maximum Gasteiger partial charge on any atom is 0.273 e. The maximum absolute atomic E-state index is 13.6. The summed E-state index contributed by atoms with van der Waals surface area (Å²) >= 11 is 0. The number of rotatable bonds is 4. The summed E-state index contributed by atoms with van der Waals surface area (Å²) in [6.07, 6.45) is 1.50. The van der Waals surface area contributed by atoms with Gasteiger partial charge in [0.2, 0.25) is 9.84 Å². The smallest absolute Gasteiger partial charge is 0.273 e. The Bertz CT molecular complexity index is 1160. The second kappa shape index (κ2) is 7.17. The van der Waals surface area contributed by atoms with E-state index in [4.69, 9.17) is 4.74 Å². The van der Waals surface area contributed by atoms with Gasteiger partial charge in [0.15, 0.2) is 0 Å². The lowest BCUT2D eigenvalue weighted by Gasteiger charge is -2.35. The third-order valence-corrected chi connectivity index (χ3v) is 6.98. The molecule has 0 radical (unpaired) electrons. The predicted molar refractivity (Wildman–Crippen MR) is 113 cm³/mol. The van der Waals surface area contributed by atoms with Crippen LogP contribution < -0.4 is 4.74 Å². The van der Waals surface area contributed by atoms with E-state index in [2.05, 4.69) is 0 Å². The molecular formula is C24H22O4S. The van der Waals surface area contributed by atoms with Crippen LogP contribution in [-0.4, -0.2) is 13.5 Å². The molecule has 0 saturated carbocycles. The zero-order valence-electron chi connectivity index (χ0n) is 16.2. The molecule has 4 rings (SSSR count). The highest BCUT2D eigenvalue weighted by atomic mass is 32.2. The fourth-order valence-corrected chi connectivity index (χ4v) is 4.98. The number of fused-ring (bicyclic) bond motifs is 1. The van der Waals surface area contributed by atoms with Gasteiger partial charge in [0.05, 0.1) is 4.90 Å². The van der Waals surface area contributed by atoms with Crippen molar-refractivity contribution in [2.24, 2.45) is 0 Å². The average Bonchev–Trinajstić information content (AvgIpc) is 2.74. The number of hydrogen-bond acceptors (Lipinski definition) is 4. The molecule has 148 valence electrons. The van der Waals surface area contributed by atoms with E-state index < -0.39 is 15.6 Å². The van der Waals surface area contributed by atoms with Gasteiger partial charge in [0.25, 0.3) is 5.79 Å². The lowest BCUT2D eigenvalue weighted by Crippen LogP contribution is -2.40. The summed E-state index contributed by atoms with van der Waals surface area (Å²) in [6, 6.07) is 22.4. The molecule has 1 aliphatic heterocycles. The molecule has 0 spiro atoms. The highest BCUT2D eigenvalue weighted by molar-refractivity contribution is 7.95. The summed E-state index contributed by atoms with van der Waals surface area (Å²) in [6.45, 7) is 4.10. The van der Waals surface area contributed by atoms with Crippen molar-refractivity contribution in [3.63, 3.8) is 0 Å². The Morgan fingerprint density at radius 3 is 2.14 bits per heavy atom. The van der Waals surface area contributed by atoms with Gasteiger partial charge in [-0.1, -0.05) is 74.5 Å². The van der Waals surface area contributed by atoms with E-state index in [0.29, 0.717) is 16.9 Å². The van der Waals surface area contributed by atoms with E-state index in [1.807, 2.05) is 13.8 Å². The third kappa shape index (κ3) is 3.37. The SMILES string of the molecule is CC(C)c1ccc(S(=O)(=O)C2=Cc3ccccc3O[C@@]2(O)c2ccccc2)cc1. The minimum Gasteiger partial charge on any atom is -0.452 e. The molecule has 1 atom stereocenters. The zero-order chi connectivity index (χ0) is 20.6. The molecule has 0 amide bonds. The number of sulfone groups is 1. The van der Waals surface area contributed by atoms with Gasteiger partial charge in [-0.05, 0) is 35.8 Å². The van der Waals surface area contributed by atoms with Crippen LogP contribution in [-0.2, 0) is 15.6 Å². The lowest BCUT2D eigenvalue weighted by atomic mass is 10.0. The van der Waals surface area contributed by atoms with Crippen molar-refractivity contribution in [3.05, 3.63) is 100 Å². The molecular weight excluding hydrogens is 384 g/mol. The van der Waals surface area contributed by atoms with Gasteiger partial charge in [-0.2, -0.15) is 0 Å². The highest BCUT2D eigenvalue weighted by Gasteiger charge is 2.46. The van der Waals surface area contributed by atoms with Crippen molar-refractivity contribution in [2.75, 3.05) is 0 Å². The molecule has 1 heterocycles. The molecule has 0 saturated heterocycles. The van der Waals surface area contributed by atoms with E-state index in [1.165, 1.54) is 6.08 Å². The molecule has 0 bridgehead atoms. The molecule has 0 aliphatic carbocycles. The molecule has 0 aromatic heterocycles. The monoisotopic (exact) mass is 406 g/mol. The van der Waals surface area contributed by atoms with Gasteiger partial charge < -0.3 is 9.84 Å². The van der Waals surface area contributed by atoms with Gasteiger partial charge in [0.1, 0.15) is 10.7 Å². The molecule has 0 unspecified atom stereocenters. The molecule has 3 aromatic rings. The highest BCUT2D eigenvalue weighted by Crippen LogP contribution is 2.44. The van der Waals surface area contributed by atoms with Crippen LogP contribution in [0.1, 0.15) is 36.5 Å². The Labute approximate surface area is 171 Å². The van der Waals surface area contributed by atoms with Crippen LogP contribution in [0.5, 0.6) is 5.75 Å². The largest absolute Gasteiger partial charge is 0.452 e. The maximum atomic E-state index is 13.6. The second-order valence-electron chi connectivity index (χ2n) is 7.39. The van der Waals surface area contributed by atoms with Crippen LogP contribution in [0.2, 0.25) is 0 Å². The fraction of sp³-hybridized carbons (Fsp3) is 0.167. The van der Waals surface area contributed by atoms with Gasteiger partial charge in [-0.15, -0.1) is 0 Å². The first-order valence-electron chi connectivity index (χ1n) is 9.45. The first-order valence-corrected chi connectivity index (χ1v) is 10.9. The van der Waals surface area contributed by atoms with Crippen LogP contribution in [0.15, 0.2) is 88.7 Å². The first-order chi connectivity index (χ1) is 13.8. The van der Waals surface area contributed by atoms with Crippen molar-refractivity contribution in [2.45, 2.75) is 30.4 Å². The van der Waals surface area contributed by atoms with E-state index in [-0.39, 0.29) is 15.7 Å². The second-order valence-corrected chi connectivity index (χ2v) is 9.30. The summed E-state index contributed by atoms with van der Waals surface area (Å²) in [5, 5.41) is 11.5. The third-order valence-electron chi connectivity index (χ3n) is 5.11. The van der Waals surface area contributed by atoms with Gasteiger partial charge in [-0.3, -0.25) is 0 Å². The molecule has 5 heteroatoms. The minimum atomic E-state index is -4.02. The Balaban J connectivity index is 1.90. The van der Waals surface area contributed by atoms with E-state index in [9.17, 15) is 13.5 Å². The Morgan fingerprint density at radius 2 is 1.48 bits per heavy atom. The number of para-hydroxylation sites is 1. The number of aliphatic hydroxyl groups is 1. The molecule has 1 N–H and O–H groups in total. The number of ether oxygens (including phenoxy) is 1. The van der Waals surface area contributed by atoms with Crippen LogP contribution in [0.4, 0.5) is 0 Å². The van der Waals surface area contributed by atoms with Gasteiger partial charge in [0, 0.05) is 11.1 Å². The van der Waals surface area contributed by atoms with Crippen LogP contribution >= 0.6 is 0 Å². The first kappa shape index (κ1) is 19.4. The molecule has 3 aromatic carbocycles. The van der Waals surface area contributed by atoms with Crippen LogP contribution in [0.25, 0.3) is 6.08 Å². The summed E-state index contributed by atoms with van der Waals surface area (Å²) in [7, 11) is -4.02. The molecule has 4 nitrogen and oxygen atoms in total. The Morgan fingerprint density at radius 1 is 0.862 bits per heavy atom. The number of benzene rings is 3. The summed E-state index contributed by atoms with van der Waals surface area (Å²) in [5.74, 6) is -1.41. The van der Waals surface area contributed by atoms with Crippen molar-refractivity contribution in [1.29, 1.82) is 0 Å². The molecule has 29 heavy (non-hydrogen) atoms. The van der Waals surface area contributed by atoms with Crippen molar-refractivity contribution >= 4 is 15.9 Å². The van der Waals surface area contributed by atoms with E-state index in [0.717, 1.165) is 5.56 Å². The summed E-state index contributed by atoms with van der Waals surface area (Å²) in [5.41, 5.74) is 2.00.